The van der Waals surface area contributed by atoms with Crippen molar-refractivity contribution in [2.75, 3.05) is 25.0 Å². The predicted molar refractivity (Wildman–Crippen MR) is 80.9 cm³/mol. The molecule has 2 N–H and O–H groups in total. The number of hydrogen-bond donors (Lipinski definition) is 2. The molecule has 1 aliphatic rings. The lowest BCUT2D eigenvalue weighted by Gasteiger charge is -2.32. The highest BCUT2D eigenvalue weighted by Crippen LogP contribution is 2.13. The summed E-state index contributed by atoms with van der Waals surface area (Å²) in [5.41, 5.74) is 0.422. The number of hydrogen-bond acceptors (Lipinski definition) is 2. The monoisotopic (exact) mass is 281 g/mol. The van der Waals surface area contributed by atoms with E-state index >= 15 is 0 Å². The summed E-state index contributed by atoms with van der Waals surface area (Å²) >= 11 is 5.23. The number of rotatable bonds is 3. The van der Waals surface area contributed by atoms with Crippen LogP contribution in [0.5, 0.6) is 0 Å². The molecule has 1 fully saturated rings. The number of halogens is 1. The topological polar surface area (TPSA) is 27.3 Å². The fraction of sp³-hybridized carbons (Fsp3) is 0.500. The zero-order chi connectivity index (χ0) is 13.7. The van der Waals surface area contributed by atoms with Crippen LogP contribution in [0.25, 0.3) is 0 Å². The zero-order valence-electron chi connectivity index (χ0n) is 11.2. The van der Waals surface area contributed by atoms with Crippen molar-refractivity contribution in [3.8, 4) is 0 Å². The first-order valence-electron chi connectivity index (χ1n) is 6.73. The molecule has 104 valence electrons. The number of likely N-dealkylation sites (tertiary alicyclic amines) is 1. The average Bonchev–Trinajstić information content (AvgIpc) is 2.42. The van der Waals surface area contributed by atoms with Gasteiger partial charge in [0.25, 0.3) is 0 Å². The molecule has 0 aliphatic carbocycles. The maximum absolute atomic E-state index is 13.5. The quantitative estimate of drug-likeness (QED) is 0.833. The molecule has 0 unspecified atom stereocenters. The Morgan fingerprint density at radius 3 is 2.68 bits per heavy atom. The Morgan fingerprint density at radius 1 is 1.37 bits per heavy atom. The highest BCUT2D eigenvalue weighted by atomic mass is 32.1. The van der Waals surface area contributed by atoms with Gasteiger partial charge in [0.05, 0.1) is 5.69 Å². The van der Waals surface area contributed by atoms with Crippen molar-refractivity contribution in [3.63, 3.8) is 0 Å². The van der Waals surface area contributed by atoms with Crippen LogP contribution < -0.4 is 10.6 Å². The molecule has 0 amide bonds. The number of piperidine rings is 1. The number of nitrogens with one attached hydrogen (secondary N) is 2. The summed E-state index contributed by atoms with van der Waals surface area (Å²) in [6.45, 7) is 5.47. The van der Waals surface area contributed by atoms with E-state index in [1.54, 1.807) is 18.2 Å². The fourth-order valence-corrected chi connectivity index (χ4v) is 2.58. The molecule has 0 aromatic heterocycles. The molecular formula is C14H20FN3S. The standard InChI is InChI=1S/C14H20FN3S/c1-2-18-9-7-11(8-10-18)16-14(19)17-13-6-4-3-5-12(13)15/h3-6,11H,2,7-10H2,1H3,(H2,16,17,19). The van der Waals surface area contributed by atoms with Gasteiger partial charge in [-0.05, 0) is 43.7 Å². The third-order valence-corrected chi connectivity index (χ3v) is 3.71. The Kier molecular flexibility index (Phi) is 5.10. The molecule has 0 saturated carbocycles. The van der Waals surface area contributed by atoms with Gasteiger partial charge in [-0.15, -0.1) is 0 Å². The highest BCUT2D eigenvalue weighted by molar-refractivity contribution is 7.80. The smallest absolute Gasteiger partial charge is 0.171 e. The maximum atomic E-state index is 13.5. The van der Waals surface area contributed by atoms with Gasteiger partial charge in [-0.1, -0.05) is 19.1 Å². The Morgan fingerprint density at radius 2 is 2.05 bits per heavy atom. The molecule has 0 spiro atoms. The third kappa shape index (κ3) is 4.14. The molecule has 1 aromatic carbocycles. The van der Waals surface area contributed by atoms with Crippen molar-refractivity contribution in [2.45, 2.75) is 25.8 Å². The second-order valence-corrected chi connectivity index (χ2v) is 5.20. The summed E-state index contributed by atoms with van der Waals surface area (Å²) in [5, 5.41) is 6.68. The Hall–Kier alpha value is -1.20. The van der Waals surface area contributed by atoms with E-state index in [2.05, 4.69) is 22.5 Å². The molecule has 1 aliphatic heterocycles. The molecule has 0 atom stereocenters. The molecule has 0 bridgehead atoms. The molecule has 1 aromatic rings. The lowest BCUT2D eigenvalue weighted by atomic mass is 10.1. The van der Waals surface area contributed by atoms with Gasteiger partial charge in [0.1, 0.15) is 5.82 Å². The van der Waals surface area contributed by atoms with Crippen molar-refractivity contribution >= 4 is 23.0 Å². The van der Waals surface area contributed by atoms with Crippen molar-refractivity contribution in [2.24, 2.45) is 0 Å². The molecule has 1 saturated heterocycles. The Balaban J connectivity index is 1.81. The minimum absolute atomic E-state index is 0.285. The molecule has 0 radical (unpaired) electrons. The van der Waals surface area contributed by atoms with Crippen LogP contribution in [-0.4, -0.2) is 35.7 Å². The summed E-state index contributed by atoms with van der Waals surface area (Å²) in [7, 11) is 0. The van der Waals surface area contributed by atoms with E-state index in [4.69, 9.17) is 12.2 Å². The van der Waals surface area contributed by atoms with Gasteiger partial charge in [0.2, 0.25) is 0 Å². The first-order valence-corrected chi connectivity index (χ1v) is 7.14. The van der Waals surface area contributed by atoms with E-state index in [-0.39, 0.29) is 5.82 Å². The van der Waals surface area contributed by atoms with Crippen LogP contribution in [0.3, 0.4) is 0 Å². The van der Waals surface area contributed by atoms with Gasteiger partial charge in [-0.25, -0.2) is 4.39 Å². The second-order valence-electron chi connectivity index (χ2n) is 4.79. The van der Waals surface area contributed by atoms with E-state index in [0.29, 0.717) is 16.8 Å². The SMILES string of the molecule is CCN1CCC(NC(=S)Nc2ccccc2F)CC1. The normalized spacial score (nSPS) is 17.2. The molecule has 3 nitrogen and oxygen atoms in total. The summed E-state index contributed by atoms with van der Waals surface area (Å²) in [4.78, 5) is 2.42. The number of benzene rings is 1. The lowest BCUT2D eigenvalue weighted by molar-refractivity contribution is 0.216. The van der Waals surface area contributed by atoms with E-state index in [9.17, 15) is 4.39 Å². The van der Waals surface area contributed by atoms with E-state index in [0.717, 1.165) is 32.5 Å². The molecule has 5 heteroatoms. The summed E-state index contributed by atoms with van der Waals surface area (Å²) in [6, 6.07) is 6.94. The van der Waals surface area contributed by atoms with Crippen molar-refractivity contribution in [1.82, 2.24) is 10.2 Å². The first-order chi connectivity index (χ1) is 9.19. The van der Waals surface area contributed by atoms with Gasteiger partial charge in [-0.3, -0.25) is 0 Å². The molecular weight excluding hydrogens is 261 g/mol. The van der Waals surface area contributed by atoms with Gasteiger partial charge in [-0.2, -0.15) is 0 Å². The number of thiocarbonyl (C=S) groups is 1. The second kappa shape index (κ2) is 6.82. The minimum atomic E-state index is -0.285. The summed E-state index contributed by atoms with van der Waals surface area (Å²) in [6.07, 6.45) is 2.15. The number of anilines is 1. The summed E-state index contributed by atoms with van der Waals surface area (Å²) < 4.78 is 13.5. The zero-order valence-corrected chi connectivity index (χ0v) is 12.0. The third-order valence-electron chi connectivity index (χ3n) is 3.49. The van der Waals surface area contributed by atoms with Crippen molar-refractivity contribution in [1.29, 1.82) is 0 Å². The number of para-hydroxylation sites is 1. The van der Waals surface area contributed by atoms with Crippen molar-refractivity contribution < 1.29 is 4.39 Å². The largest absolute Gasteiger partial charge is 0.360 e. The fourth-order valence-electron chi connectivity index (χ4n) is 2.30. The number of nitrogens with zero attached hydrogens (tertiary/aromatic N) is 1. The molecule has 1 heterocycles. The Bertz CT molecular complexity index is 430. The minimum Gasteiger partial charge on any atom is -0.360 e. The summed E-state index contributed by atoms with van der Waals surface area (Å²) in [5.74, 6) is -0.285. The van der Waals surface area contributed by atoms with Crippen LogP contribution in [0.15, 0.2) is 24.3 Å². The lowest BCUT2D eigenvalue weighted by Crippen LogP contribution is -2.45. The first kappa shape index (κ1) is 14.2. The van der Waals surface area contributed by atoms with Crippen LogP contribution >= 0.6 is 12.2 Å². The van der Waals surface area contributed by atoms with Crippen LogP contribution in [0.2, 0.25) is 0 Å². The van der Waals surface area contributed by atoms with Crippen LogP contribution in [-0.2, 0) is 0 Å². The van der Waals surface area contributed by atoms with E-state index < -0.39 is 0 Å². The molecule has 2 rings (SSSR count). The van der Waals surface area contributed by atoms with Gasteiger partial charge < -0.3 is 15.5 Å². The van der Waals surface area contributed by atoms with Crippen LogP contribution in [0.1, 0.15) is 19.8 Å². The van der Waals surface area contributed by atoms with E-state index in [1.807, 2.05) is 0 Å². The maximum Gasteiger partial charge on any atom is 0.171 e. The molecule has 19 heavy (non-hydrogen) atoms. The van der Waals surface area contributed by atoms with Crippen LogP contribution in [0.4, 0.5) is 10.1 Å². The average molecular weight is 281 g/mol. The van der Waals surface area contributed by atoms with Gasteiger partial charge in [0, 0.05) is 19.1 Å². The Labute approximate surface area is 119 Å². The van der Waals surface area contributed by atoms with Crippen molar-refractivity contribution in [3.05, 3.63) is 30.1 Å². The van der Waals surface area contributed by atoms with Gasteiger partial charge in [0.15, 0.2) is 5.11 Å². The van der Waals surface area contributed by atoms with Gasteiger partial charge >= 0.3 is 0 Å². The van der Waals surface area contributed by atoms with E-state index in [1.165, 1.54) is 6.07 Å². The van der Waals surface area contributed by atoms with Crippen LogP contribution in [0, 0.1) is 5.82 Å². The highest BCUT2D eigenvalue weighted by Gasteiger charge is 2.18. The predicted octanol–water partition coefficient (Wildman–Crippen LogP) is 2.60.